The highest BCUT2D eigenvalue weighted by Crippen LogP contribution is 2.31. The maximum absolute atomic E-state index is 11.3. The molecule has 3 heterocycles. The Kier molecular flexibility index (Phi) is 3.39. The van der Waals surface area contributed by atoms with E-state index in [1.165, 1.54) is 6.07 Å². The zero-order chi connectivity index (χ0) is 16.5. The predicted molar refractivity (Wildman–Crippen MR) is 93.2 cm³/mol. The first kappa shape index (κ1) is 14.3. The minimum atomic E-state index is -0.118. The lowest BCUT2D eigenvalue weighted by atomic mass is 10.0. The molecule has 4 aromatic rings. The van der Waals surface area contributed by atoms with Crippen LogP contribution >= 0.6 is 0 Å². The van der Waals surface area contributed by atoms with Gasteiger partial charge in [-0.1, -0.05) is 12.1 Å². The fourth-order valence-electron chi connectivity index (χ4n) is 2.80. The van der Waals surface area contributed by atoms with Crippen molar-refractivity contribution in [1.29, 1.82) is 0 Å². The van der Waals surface area contributed by atoms with Crippen molar-refractivity contribution in [2.75, 3.05) is 7.11 Å². The topological polar surface area (TPSA) is 59.4 Å². The van der Waals surface area contributed by atoms with Crippen LogP contribution in [0.15, 0.2) is 72.2 Å². The number of ether oxygens (including phenoxy) is 1. The molecule has 0 aliphatic heterocycles. The molecule has 0 amide bonds. The standard InChI is InChI=1S/C19H15N3O2/c1-24-16-4-2-3-13(7-16)15-8-17(14-5-6-19(23)21-9-14)18-10-20-12-22(18)11-15/h2-12H,1H3,(H,21,23). The van der Waals surface area contributed by atoms with Gasteiger partial charge in [-0.25, -0.2) is 4.98 Å². The lowest BCUT2D eigenvalue weighted by Gasteiger charge is -2.10. The Morgan fingerprint density at radius 3 is 2.79 bits per heavy atom. The molecule has 3 aromatic heterocycles. The van der Waals surface area contributed by atoms with E-state index in [0.29, 0.717) is 0 Å². The van der Waals surface area contributed by atoms with Gasteiger partial charge in [-0.3, -0.25) is 4.79 Å². The lowest BCUT2D eigenvalue weighted by Crippen LogP contribution is -2.01. The van der Waals surface area contributed by atoms with Gasteiger partial charge in [0.2, 0.25) is 5.56 Å². The minimum Gasteiger partial charge on any atom is -0.497 e. The minimum absolute atomic E-state index is 0.118. The molecule has 0 unspecified atom stereocenters. The van der Waals surface area contributed by atoms with E-state index < -0.39 is 0 Å². The van der Waals surface area contributed by atoms with Gasteiger partial charge in [0, 0.05) is 29.6 Å². The van der Waals surface area contributed by atoms with E-state index >= 15 is 0 Å². The smallest absolute Gasteiger partial charge is 0.247 e. The van der Waals surface area contributed by atoms with Crippen LogP contribution in [0, 0.1) is 0 Å². The zero-order valence-corrected chi connectivity index (χ0v) is 13.1. The number of hydrogen-bond donors (Lipinski definition) is 1. The van der Waals surface area contributed by atoms with Gasteiger partial charge in [-0.2, -0.15) is 0 Å². The first-order chi connectivity index (χ1) is 11.7. The maximum atomic E-state index is 11.3. The number of rotatable bonds is 3. The van der Waals surface area contributed by atoms with E-state index in [9.17, 15) is 4.79 Å². The van der Waals surface area contributed by atoms with E-state index in [-0.39, 0.29) is 5.56 Å². The average molecular weight is 317 g/mol. The lowest BCUT2D eigenvalue weighted by molar-refractivity contribution is 0.415. The van der Waals surface area contributed by atoms with Crippen LogP contribution in [0.3, 0.4) is 0 Å². The molecule has 4 rings (SSSR count). The second kappa shape index (κ2) is 5.70. The molecule has 24 heavy (non-hydrogen) atoms. The van der Waals surface area contributed by atoms with Crippen LogP contribution in [-0.4, -0.2) is 21.5 Å². The van der Waals surface area contributed by atoms with Gasteiger partial charge in [-0.05, 0) is 35.4 Å². The van der Waals surface area contributed by atoms with Crippen LogP contribution in [0.5, 0.6) is 5.75 Å². The number of imidazole rings is 1. The van der Waals surface area contributed by atoms with Crippen LogP contribution in [0.1, 0.15) is 0 Å². The fraction of sp³-hybridized carbons (Fsp3) is 0.0526. The molecule has 5 heteroatoms. The molecule has 0 bridgehead atoms. The largest absolute Gasteiger partial charge is 0.497 e. The monoisotopic (exact) mass is 317 g/mol. The molecule has 0 saturated carbocycles. The Morgan fingerprint density at radius 2 is 2.00 bits per heavy atom. The second-order valence-electron chi connectivity index (χ2n) is 5.50. The number of pyridine rings is 2. The molecule has 0 radical (unpaired) electrons. The molecule has 5 nitrogen and oxygen atoms in total. The summed E-state index contributed by atoms with van der Waals surface area (Å²) in [7, 11) is 1.66. The van der Waals surface area contributed by atoms with Crippen molar-refractivity contribution in [3.63, 3.8) is 0 Å². The van der Waals surface area contributed by atoms with Crippen molar-refractivity contribution in [3.8, 4) is 28.0 Å². The number of fused-ring (bicyclic) bond motifs is 1. The van der Waals surface area contributed by atoms with Gasteiger partial charge in [0.1, 0.15) is 5.75 Å². The molecule has 0 aliphatic rings. The number of aromatic nitrogens is 3. The Balaban J connectivity index is 1.94. The molecule has 0 fully saturated rings. The molecule has 0 spiro atoms. The maximum Gasteiger partial charge on any atom is 0.247 e. The SMILES string of the molecule is COc1cccc(-c2cc(-c3ccc(=O)[nH]c3)c3cncn3c2)c1. The Hall–Kier alpha value is -3.34. The summed E-state index contributed by atoms with van der Waals surface area (Å²) in [4.78, 5) is 18.3. The number of H-pyrrole nitrogens is 1. The van der Waals surface area contributed by atoms with E-state index in [4.69, 9.17) is 4.74 Å². The highest BCUT2D eigenvalue weighted by atomic mass is 16.5. The molecule has 1 aromatic carbocycles. The summed E-state index contributed by atoms with van der Waals surface area (Å²) in [6.45, 7) is 0. The van der Waals surface area contributed by atoms with Crippen molar-refractivity contribution >= 4 is 5.52 Å². The number of hydrogen-bond acceptors (Lipinski definition) is 3. The third-order valence-electron chi connectivity index (χ3n) is 4.02. The molecule has 0 saturated heterocycles. The molecule has 1 N–H and O–H groups in total. The zero-order valence-electron chi connectivity index (χ0n) is 13.1. The number of benzene rings is 1. The summed E-state index contributed by atoms with van der Waals surface area (Å²) in [5.41, 5.74) is 4.89. The van der Waals surface area contributed by atoms with Crippen LogP contribution in [0.4, 0.5) is 0 Å². The molecular weight excluding hydrogens is 302 g/mol. The molecular formula is C19H15N3O2. The van der Waals surface area contributed by atoms with E-state index in [1.54, 1.807) is 19.6 Å². The Morgan fingerprint density at radius 1 is 1.08 bits per heavy atom. The summed E-state index contributed by atoms with van der Waals surface area (Å²) >= 11 is 0. The van der Waals surface area contributed by atoms with Crippen molar-refractivity contribution in [2.24, 2.45) is 0 Å². The van der Waals surface area contributed by atoms with E-state index in [1.807, 2.05) is 47.1 Å². The quantitative estimate of drug-likeness (QED) is 0.630. The van der Waals surface area contributed by atoms with E-state index in [2.05, 4.69) is 16.0 Å². The van der Waals surface area contributed by atoms with Crippen LogP contribution in [-0.2, 0) is 0 Å². The van der Waals surface area contributed by atoms with Crippen LogP contribution in [0.2, 0.25) is 0 Å². The number of nitrogens with one attached hydrogen (secondary N) is 1. The van der Waals surface area contributed by atoms with Gasteiger partial charge in [0.25, 0.3) is 0 Å². The molecule has 0 aliphatic carbocycles. The van der Waals surface area contributed by atoms with Gasteiger partial charge in [-0.15, -0.1) is 0 Å². The second-order valence-corrected chi connectivity index (χ2v) is 5.50. The summed E-state index contributed by atoms with van der Waals surface area (Å²) < 4.78 is 7.30. The van der Waals surface area contributed by atoms with Gasteiger partial charge >= 0.3 is 0 Å². The first-order valence-electron chi connectivity index (χ1n) is 7.54. The van der Waals surface area contributed by atoms with Crippen LogP contribution < -0.4 is 10.3 Å². The highest BCUT2D eigenvalue weighted by Gasteiger charge is 2.09. The van der Waals surface area contributed by atoms with E-state index in [0.717, 1.165) is 33.5 Å². The predicted octanol–water partition coefficient (Wildman–Crippen LogP) is 3.37. The summed E-state index contributed by atoms with van der Waals surface area (Å²) in [5.74, 6) is 0.809. The third kappa shape index (κ3) is 2.46. The Labute approximate surface area is 138 Å². The number of methoxy groups -OCH3 is 1. The van der Waals surface area contributed by atoms with Crippen LogP contribution in [0.25, 0.3) is 27.8 Å². The van der Waals surface area contributed by atoms with Crippen molar-refractivity contribution in [3.05, 3.63) is 77.7 Å². The molecule has 0 atom stereocenters. The van der Waals surface area contributed by atoms with Gasteiger partial charge < -0.3 is 14.1 Å². The molecule has 118 valence electrons. The first-order valence-corrected chi connectivity index (χ1v) is 7.54. The summed E-state index contributed by atoms with van der Waals surface area (Å²) in [6, 6.07) is 13.4. The average Bonchev–Trinajstić information content (AvgIpc) is 3.10. The summed E-state index contributed by atoms with van der Waals surface area (Å²) in [5, 5.41) is 0. The van der Waals surface area contributed by atoms with Crippen molar-refractivity contribution in [2.45, 2.75) is 0 Å². The van der Waals surface area contributed by atoms with Gasteiger partial charge in [0.05, 0.1) is 25.2 Å². The third-order valence-corrected chi connectivity index (χ3v) is 4.02. The number of aromatic amines is 1. The van der Waals surface area contributed by atoms with Gasteiger partial charge in [0.15, 0.2) is 0 Å². The summed E-state index contributed by atoms with van der Waals surface area (Å²) in [6.07, 6.45) is 7.34. The van der Waals surface area contributed by atoms with Crippen molar-refractivity contribution < 1.29 is 4.74 Å². The highest BCUT2D eigenvalue weighted by molar-refractivity contribution is 5.84. The van der Waals surface area contributed by atoms with Crippen molar-refractivity contribution in [1.82, 2.24) is 14.4 Å². The number of nitrogens with zero attached hydrogens (tertiary/aromatic N) is 2. The Bertz CT molecular complexity index is 1060. The fourth-order valence-corrected chi connectivity index (χ4v) is 2.80. The normalized spacial score (nSPS) is 10.9.